The molecule has 1 unspecified atom stereocenters. The molecule has 3 aromatic rings. The summed E-state index contributed by atoms with van der Waals surface area (Å²) in [6.07, 6.45) is 0. The normalized spacial score (nSPS) is 11.8. The number of aliphatic carboxylic acids is 1. The summed E-state index contributed by atoms with van der Waals surface area (Å²) in [5, 5.41) is 18.6. The van der Waals surface area contributed by atoms with Crippen LogP contribution in [0, 0.1) is 0 Å². The van der Waals surface area contributed by atoms with E-state index in [0.717, 1.165) is 39.3 Å². The van der Waals surface area contributed by atoms with Crippen molar-refractivity contribution in [3.63, 3.8) is 0 Å². The highest BCUT2D eigenvalue weighted by Gasteiger charge is 2.21. The first-order valence-electron chi connectivity index (χ1n) is 7.89. The SMILES string of the molecule is COc1ccc(-c2nc(SC(O)C(=O)O)sc2-c2ccc(OC)cc2)cc1. The molecule has 2 aromatic carbocycles. The number of aromatic nitrogens is 1. The molecule has 0 saturated carbocycles. The molecule has 0 spiro atoms. The molecule has 0 bridgehead atoms. The molecule has 2 N–H and O–H groups in total. The third-order valence-corrected chi connectivity index (χ3v) is 5.90. The van der Waals surface area contributed by atoms with Crippen molar-refractivity contribution in [2.45, 2.75) is 9.78 Å². The fourth-order valence-corrected chi connectivity index (χ4v) is 4.36. The lowest BCUT2D eigenvalue weighted by molar-refractivity contribution is -0.141. The maximum absolute atomic E-state index is 11.0. The first-order chi connectivity index (χ1) is 13.0. The molecule has 3 rings (SSSR count). The number of hydrogen-bond donors (Lipinski definition) is 2. The van der Waals surface area contributed by atoms with Crippen molar-refractivity contribution in [2.24, 2.45) is 0 Å². The lowest BCUT2D eigenvalue weighted by Crippen LogP contribution is -2.14. The Morgan fingerprint density at radius 3 is 2.00 bits per heavy atom. The minimum Gasteiger partial charge on any atom is -0.497 e. The monoisotopic (exact) mass is 403 g/mol. The van der Waals surface area contributed by atoms with E-state index in [0.29, 0.717) is 10.0 Å². The maximum Gasteiger partial charge on any atom is 0.343 e. The summed E-state index contributed by atoms with van der Waals surface area (Å²) < 4.78 is 10.9. The van der Waals surface area contributed by atoms with Crippen LogP contribution in [0.2, 0.25) is 0 Å². The van der Waals surface area contributed by atoms with Gasteiger partial charge in [-0.25, -0.2) is 9.78 Å². The van der Waals surface area contributed by atoms with Gasteiger partial charge in [-0.1, -0.05) is 11.8 Å². The summed E-state index contributed by atoms with van der Waals surface area (Å²) in [4.78, 5) is 16.4. The van der Waals surface area contributed by atoms with Crippen LogP contribution < -0.4 is 9.47 Å². The molecule has 0 amide bonds. The lowest BCUT2D eigenvalue weighted by atomic mass is 10.1. The molecule has 0 aliphatic heterocycles. The Labute approximate surface area is 164 Å². The van der Waals surface area contributed by atoms with Gasteiger partial charge in [-0.15, -0.1) is 11.3 Å². The summed E-state index contributed by atoms with van der Waals surface area (Å²) in [7, 11) is 3.20. The molecule has 27 heavy (non-hydrogen) atoms. The van der Waals surface area contributed by atoms with E-state index < -0.39 is 11.4 Å². The zero-order chi connectivity index (χ0) is 19.4. The Morgan fingerprint density at radius 1 is 1.00 bits per heavy atom. The number of ether oxygens (including phenoxy) is 2. The molecule has 0 aliphatic rings. The van der Waals surface area contributed by atoms with Crippen LogP contribution in [0.15, 0.2) is 52.9 Å². The van der Waals surface area contributed by atoms with E-state index >= 15 is 0 Å². The number of nitrogens with zero attached hydrogens (tertiary/aromatic N) is 1. The molecule has 6 nitrogen and oxygen atoms in total. The van der Waals surface area contributed by atoms with E-state index in [4.69, 9.17) is 14.6 Å². The molecular weight excluding hydrogens is 386 g/mol. The van der Waals surface area contributed by atoms with Crippen molar-refractivity contribution in [3.8, 4) is 33.2 Å². The zero-order valence-corrected chi connectivity index (χ0v) is 16.2. The standard InChI is InChI=1S/C19H17NO5S2/c1-24-13-7-3-11(4-8-13)15-16(12-5-9-14(25-2)10-6-12)26-19(20-15)27-18(23)17(21)22/h3-10,18,23H,1-2H3,(H,21,22). The van der Waals surface area contributed by atoms with Gasteiger partial charge in [-0.05, 0) is 54.1 Å². The van der Waals surface area contributed by atoms with E-state index in [9.17, 15) is 9.90 Å². The van der Waals surface area contributed by atoms with E-state index in [-0.39, 0.29) is 0 Å². The van der Waals surface area contributed by atoms with E-state index in [1.165, 1.54) is 11.3 Å². The van der Waals surface area contributed by atoms with Gasteiger partial charge in [-0.3, -0.25) is 0 Å². The number of benzene rings is 2. The molecule has 1 atom stereocenters. The van der Waals surface area contributed by atoms with E-state index in [1.807, 2.05) is 48.5 Å². The van der Waals surface area contributed by atoms with Crippen LogP contribution in [0.25, 0.3) is 21.7 Å². The number of thioether (sulfide) groups is 1. The molecule has 140 valence electrons. The van der Waals surface area contributed by atoms with Crippen molar-refractivity contribution >= 4 is 29.1 Å². The van der Waals surface area contributed by atoms with Crippen LogP contribution in [-0.4, -0.2) is 40.8 Å². The van der Waals surface area contributed by atoms with Crippen molar-refractivity contribution in [1.29, 1.82) is 0 Å². The Morgan fingerprint density at radius 2 is 1.52 bits per heavy atom. The Balaban J connectivity index is 2.04. The molecular formula is C19H17NO5S2. The van der Waals surface area contributed by atoms with Crippen LogP contribution in [0.5, 0.6) is 11.5 Å². The Hall–Kier alpha value is -2.55. The largest absolute Gasteiger partial charge is 0.497 e. The minimum absolute atomic E-state index is 0.474. The highest BCUT2D eigenvalue weighted by atomic mass is 32.2. The molecule has 0 aliphatic carbocycles. The number of aliphatic hydroxyl groups is 1. The van der Waals surface area contributed by atoms with Gasteiger partial charge in [0.1, 0.15) is 11.5 Å². The third-order valence-electron chi connectivity index (χ3n) is 3.75. The second-order valence-electron chi connectivity index (χ2n) is 5.42. The Bertz CT molecular complexity index is 857. The molecule has 0 saturated heterocycles. The summed E-state index contributed by atoms with van der Waals surface area (Å²) >= 11 is 2.14. The Kier molecular flexibility index (Phi) is 6.00. The van der Waals surface area contributed by atoms with Gasteiger partial charge in [0.15, 0.2) is 4.34 Å². The van der Waals surface area contributed by atoms with Gasteiger partial charge in [0.2, 0.25) is 5.44 Å². The van der Waals surface area contributed by atoms with Gasteiger partial charge in [0.05, 0.1) is 24.8 Å². The van der Waals surface area contributed by atoms with Crippen molar-refractivity contribution < 1.29 is 24.5 Å². The summed E-state index contributed by atoms with van der Waals surface area (Å²) in [6, 6.07) is 15.0. The van der Waals surface area contributed by atoms with Crippen molar-refractivity contribution in [2.75, 3.05) is 14.2 Å². The molecule has 0 radical (unpaired) electrons. The van der Waals surface area contributed by atoms with E-state index in [1.54, 1.807) is 14.2 Å². The first-order valence-corrected chi connectivity index (χ1v) is 9.58. The maximum atomic E-state index is 11.0. The number of carbonyl (C=O) groups is 1. The van der Waals surface area contributed by atoms with Gasteiger partial charge in [0.25, 0.3) is 0 Å². The second-order valence-corrected chi connectivity index (χ2v) is 7.75. The lowest BCUT2D eigenvalue weighted by Gasteiger charge is -2.05. The number of rotatable bonds is 7. The molecule has 8 heteroatoms. The molecule has 1 aromatic heterocycles. The first kappa shape index (κ1) is 19.2. The average Bonchev–Trinajstić information content (AvgIpc) is 3.11. The van der Waals surface area contributed by atoms with Crippen LogP contribution in [0.1, 0.15) is 0 Å². The predicted molar refractivity (Wildman–Crippen MR) is 106 cm³/mol. The topological polar surface area (TPSA) is 88.9 Å². The average molecular weight is 403 g/mol. The fraction of sp³-hybridized carbons (Fsp3) is 0.158. The van der Waals surface area contributed by atoms with Gasteiger partial charge in [0, 0.05) is 5.56 Å². The van der Waals surface area contributed by atoms with Gasteiger partial charge in [-0.2, -0.15) is 0 Å². The second kappa shape index (κ2) is 8.43. The summed E-state index contributed by atoms with van der Waals surface area (Å²) in [5.41, 5.74) is 0.946. The fourth-order valence-electron chi connectivity index (χ4n) is 2.38. The number of thiazole rings is 1. The number of methoxy groups -OCH3 is 2. The van der Waals surface area contributed by atoms with Crippen LogP contribution >= 0.6 is 23.1 Å². The van der Waals surface area contributed by atoms with Crippen molar-refractivity contribution in [3.05, 3.63) is 48.5 Å². The number of hydrogen-bond acceptors (Lipinski definition) is 7. The number of carboxylic acids is 1. The van der Waals surface area contributed by atoms with E-state index in [2.05, 4.69) is 4.98 Å². The summed E-state index contributed by atoms with van der Waals surface area (Å²) in [6.45, 7) is 0. The summed E-state index contributed by atoms with van der Waals surface area (Å²) in [5.74, 6) is 0.174. The van der Waals surface area contributed by atoms with Crippen LogP contribution in [-0.2, 0) is 4.79 Å². The quantitative estimate of drug-likeness (QED) is 0.455. The zero-order valence-electron chi connectivity index (χ0n) is 14.6. The van der Waals surface area contributed by atoms with Gasteiger partial charge < -0.3 is 19.7 Å². The number of aliphatic hydroxyl groups excluding tert-OH is 1. The third kappa shape index (κ3) is 4.41. The van der Waals surface area contributed by atoms with Crippen LogP contribution in [0.4, 0.5) is 0 Å². The van der Waals surface area contributed by atoms with Gasteiger partial charge >= 0.3 is 5.97 Å². The minimum atomic E-state index is -1.57. The van der Waals surface area contributed by atoms with Crippen molar-refractivity contribution in [1.82, 2.24) is 4.98 Å². The van der Waals surface area contributed by atoms with Crippen LogP contribution in [0.3, 0.4) is 0 Å². The predicted octanol–water partition coefficient (Wildman–Crippen LogP) is 3.99. The highest BCUT2D eigenvalue weighted by Crippen LogP contribution is 2.41. The molecule has 1 heterocycles. The highest BCUT2D eigenvalue weighted by molar-refractivity contribution is 8.02. The number of carboxylic acid groups (broad SMARTS) is 1. The smallest absolute Gasteiger partial charge is 0.343 e. The molecule has 0 fully saturated rings.